The summed E-state index contributed by atoms with van der Waals surface area (Å²) in [6, 6.07) is -0.542. The number of allylic oxidation sites excluding steroid dienone is 8. The fourth-order valence-electron chi connectivity index (χ4n) is 10.4. The molecule has 6 heteroatoms. The van der Waals surface area contributed by atoms with Crippen molar-refractivity contribution in [2.45, 2.75) is 373 Å². The molecule has 0 aromatic rings. The molecule has 0 rings (SSSR count). The van der Waals surface area contributed by atoms with Crippen molar-refractivity contribution in [1.29, 1.82) is 0 Å². The minimum absolute atomic E-state index is 0.00463. The lowest BCUT2D eigenvalue weighted by molar-refractivity contribution is -0.143. The minimum Gasteiger partial charge on any atom is -0.466 e. The molecule has 446 valence electrons. The maximum atomic E-state index is 12.5. The van der Waals surface area contributed by atoms with Crippen LogP contribution in [0.25, 0.3) is 0 Å². The van der Waals surface area contributed by atoms with Crippen molar-refractivity contribution in [3.8, 4) is 0 Å². The summed E-state index contributed by atoms with van der Waals surface area (Å²) in [6.07, 6.45) is 84.3. The van der Waals surface area contributed by atoms with Gasteiger partial charge >= 0.3 is 5.97 Å². The van der Waals surface area contributed by atoms with Gasteiger partial charge in [-0.05, 0) is 89.9 Å². The Hall–Kier alpha value is -2.18. The van der Waals surface area contributed by atoms with Crippen molar-refractivity contribution < 1.29 is 24.5 Å². The molecule has 76 heavy (non-hydrogen) atoms. The predicted molar refractivity (Wildman–Crippen MR) is 333 cm³/mol. The first kappa shape index (κ1) is 73.8. The predicted octanol–water partition coefficient (Wildman–Crippen LogP) is 21.7. The van der Waals surface area contributed by atoms with E-state index in [0.29, 0.717) is 25.9 Å². The number of amides is 1. The van der Waals surface area contributed by atoms with Gasteiger partial charge in [-0.3, -0.25) is 9.59 Å². The summed E-state index contributed by atoms with van der Waals surface area (Å²) in [5.74, 6) is -0.0311. The highest BCUT2D eigenvalue weighted by Gasteiger charge is 2.20. The SMILES string of the molecule is CCCCCC/C=C\C/C=C\CCCCCCCCCC(=O)OCCCCCCCCCCC/C=C\C/C=C\CCCCCCCCCCCCCCCC(=O)NC(CO)C(O)CCCCCCCCCCCCCC. The Morgan fingerprint density at radius 1 is 0.368 bits per heavy atom. The molecule has 0 aromatic carbocycles. The van der Waals surface area contributed by atoms with E-state index in [4.69, 9.17) is 4.74 Å². The van der Waals surface area contributed by atoms with Crippen molar-refractivity contribution in [2.24, 2.45) is 0 Å². The van der Waals surface area contributed by atoms with Crippen LogP contribution in [-0.4, -0.2) is 47.4 Å². The highest BCUT2D eigenvalue weighted by molar-refractivity contribution is 5.76. The van der Waals surface area contributed by atoms with E-state index < -0.39 is 12.1 Å². The van der Waals surface area contributed by atoms with Gasteiger partial charge in [-0.15, -0.1) is 0 Å². The van der Waals surface area contributed by atoms with Gasteiger partial charge in [-0.25, -0.2) is 0 Å². The van der Waals surface area contributed by atoms with Crippen LogP contribution in [0.3, 0.4) is 0 Å². The van der Waals surface area contributed by atoms with Crippen LogP contribution in [-0.2, 0) is 14.3 Å². The Labute approximate surface area is 474 Å². The molecule has 0 aliphatic carbocycles. The van der Waals surface area contributed by atoms with Gasteiger partial charge < -0.3 is 20.3 Å². The van der Waals surface area contributed by atoms with E-state index in [1.807, 2.05) is 0 Å². The fraction of sp³-hybridized carbons (Fsp3) is 0.857. The minimum atomic E-state index is -0.664. The molecule has 0 heterocycles. The molecule has 1 amide bonds. The average Bonchev–Trinajstić information content (AvgIpc) is 3.42. The van der Waals surface area contributed by atoms with Crippen LogP contribution in [0, 0.1) is 0 Å². The highest BCUT2D eigenvalue weighted by atomic mass is 16.5. The van der Waals surface area contributed by atoms with E-state index in [9.17, 15) is 19.8 Å². The summed E-state index contributed by atoms with van der Waals surface area (Å²) in [4.78, 5) is 24.6. The van der Waals surface area contributed by atoms with Crippen LogP contribution in [0.15, 0.2) is 48.6 Å². The Morgan fingerprint density at radius 3 is 1.01 bits per heavy atom. The zero-order valence-corrected chi connectivity index (χ0v) is 51.0. The standard InChI is InChI=1S/C70H131NO5/c1-3-5-7-9-11-13-15-17-18-19-34-37-40-44-48-52-56-60-64-70(75)76-65-61-57-53-49-45-41-38-35-32-30-28-26-24-22-20-21-23-25-27-29-31-33-36-39-43-47-51-55-59-63-69(74)71-67(66-72)68(73)62-58-54-50-46-42-16-14-12-10-8-6-4-2/h13,15,18-20,22,26,28,67-68,72-73H,3-12,14,16-17,21,23-25,27,29-66H2,1-2H3,(H,71,74)/b15-13-,19-18-,22-20-,28-26-. The van der Waals surface area contributed by atoms with Gasteiger partial charge in [-0.2, -0.15) is 0 Å². The van der Waals surface area contributed by atoms with Crippen LogP contribution < -0.4 is 5.32 Å². The number of esters is 1. The number of aliphatic hydroxyl groups is 2. The number of unbranched alkanes of at least 4 members (excludes halogenated alkanes) is 44. The molecule has 0 aliphatic heterocycles. The van der Waals surface area contributed by atoms with Crippen molar-refractivity contribution in [2.75, 3.05) is 13.2 Å². The second-order valence-electron chi connectivity index (χ2n) is 23.1. The molecule has 2 unspecified atom stereocenters. The molecule has 0 aromatic heterocycles. The van der Waals surface area contributed by atoms with Gasteiger partial charge in [0.05, 0.1) is 25.4 Å². The van der Waals surface area contributed by atoms with Crippen molar-refractivity contribution in [1.82, 2.24) is 5.32 Å². The van der Waals surface area contributed by atoms with E-state index in [0.717, 1.165) is 57.8 Å². The normalized spacial score (nSPS) is 12.8. The molecule has 6 nitrogen and oxygen atoms in total. The monoisotopic (exact) mass is 1070 g/mol. The molecule has 0 aliphatic rings. The quantitative estimate of drug-likeness (QED) is 0.0320. The largest absolute Gasteiger partial charge is 0.466 e. The number of nitrogens with one attached hydrogen (secondary N) is 1. The summed E-state index contributed by atoms with van der Waals surface area (Å²) in [5.41, 5.74) is 0. The molecular weight excluding hydrogens is 935 g/mol. The summed E-state index contributed by atoms with van der Waals surface area (Å²) in [7, 11) is 0. The maximum Gasteiger partial charge on any atom is 0.305 e. The Balaban J connectivity index is 3.39. The number of hydrogen-bond donors (Lipinski definition) is 3. The van der Waals surface area contributed by atoms with Crippen LogP contribution in [0.5, 0.6) is 0 Å². The van der Waals surface area contributed by atoms with Crippen LogP contribution in [0.2, 0.25) is 0 Å². The zero-order chi connectivity index (χ0) is 55.0. The molecule has 0 saturated heterocycles. The van der Waals surface area contributed by atoms with Gasteiger partial charge in [-0.1, -0.05) is 306 Å². The zero-order valence-electron chi connectivity index (χ0n) is 51.0. The first-order chi connectivity index (χ1) is 37.5. The molecule has 2 atom stereocenters. The lowest BCUT2D eigenvalue weighted by atomic mass is 10.0. The number of hydrogen-bond acceptors (Lipinski definition) is 5. The number of rotatable bonds is 63. The first-order valence-corrected chi connectivity index (χ1v) is 33.9. The lowest BCUT2D eigenvalue weighted by Crippen LogP contribution is -2.45. The Bertz CT molecular complexity index is 1270. The van der Waals surface area contributed by atoms with E-state index in [1.54, 1.807) is 0 Å². The first-order valence-electron chi connectivity index (χ1n) is 33.9. The van der Waals surface area contributed by atoms with Gasteiger partial charge in [0.1, 0.15) is 0 Å². The highest BCUT2D eigenvalue weighted by Crippen LogP contribution is 2.18. The van der Waals surface area contributed by atoms with E-state index in [-0.39, 0.29) is 18.5 Å². The van der Waals surface area contributed by atoms with Crippen molar-refractivity contribution >= 4 is 11.9 Å². The molecular formula is C70H131NO5. The second-order valence-corrected chi connectivity index (χ2v) is 23.1. The summed E-state index contributed by atoms with van der Waals surface area (Å²) >= 11 is 0. The maximum absolute atomic E-state index is 12.5. The third-order valence-electron chi connectivity index (χ3n) is 15.6. The van der Waals surface area contributed by atoms with Gasteiger partial charge in [0, 0.05) is 12.8 Å². The summed E-state index contributed by atoms with van der Waals surface area (Å²) < 4.78 is 5.49. The number of carbonyl (C=O) groups is 2. The second kappa shape index (κ2) is 65.3. The molecule has 0 saturated carbocycles. The van der Waals surface area contributed by atoms with E-state index in [1.165, 1.54) is 270 Å². The molecule has 3 N–H and O–H groups in total. The van der Waals surface area contributed by atoms with Crippen molar-refractivity contribution in [3.63, 3.8) is 0 Å². The molecule has 0 bridgehead atoms. The van der Waals surface area contributed by atoms with Gasteiger partial charge in [0.25, 0.3) is 0 Å². The average molecular weight is 1070 g/mol. The smallest absolute Gasteiger partial charge is 0.305 e. The van der Waals surface area contributed by atoms with Crippen molar-refractivity contribution in [3.05, 3.63) is 48.6 Å². The van der Waals surface area contributed by atoms with Gasteiger partial charge in [0.15, 0.2) is 0 Å². The van der Waals surface area contributed by atoms with E-state index in [2.05, 4.69) is 67.8 Å². The van der Waals surface area contributed by atoms with Crippen LogP contribution >= 0.6 is 0 Å². The van der Waals surface area contributed by atoms with E-state index >= 15 is 0 Å². The fourth-order valence-corrected chi connectivity index (χ4v) is 10.4. The topological polar surface area (TPSA) is 95.9 Å². The van der Waals surface area contributed by atoms with Gasteiger partial charge in [0.2, 0.25) is 5.91 Å². The number of ether oxygens (including phenoxy) is 1. The van der Waals surface area contributed by atoms with Crippen LogP contribution in [0.1, 0.15) is 361 Å². The van der Waals surface area contributed by atoms with Crippen LogP contribution in [0.4, 0.5) is 0 Å². The Morgan fingerprint density at radius 2 is 0.658 bits per heavy atom. The summed E-state index contributed by atoms with van der Waals surface area (Å²) in [6.45, 7) is 4.94. The Kier molecular flexibility index (Phi) is 63.5. The third kappa shape index (κ3) is 61.0. The summed E-state index contributed by atoms with van der Waals surface area (Å²) in [5, 5.41) is 23.2. The lowest BCUT2D eigenvalue weighted by Gasteiger charge is -2.22. The number of carbonyl (C=O) groups excluding carboxylic acids is 2. The molecule has 0 spiro atoms. The molecule has 0 fully saturated rings. The molecule has 0 radical (unpaired) electrons. The number of aliphatic hydroxyl groups excluding tert-OH is 2. The third-order valence-corrected chi connectivity index (χ3v) is 15.6.